The summed E-state index contributed by atoms with van der Waals surface area (Å²) in [6.07, 6.45) is 0. The van der Waals surface area contributed by atoms with Gasteiger partial charge in [0.15, 0.2) is 0 Å². The van der Waals surface area contributed by atoms with Crippen molar-refractivity contribution < 1.29 is 10.4 Å². The number of hydrogen-bond acceptors (Lipinski definition) is 1. The number of hydrazine groups is 1. The molecule has 0 saturated carbocycles. The molecule has 4 nitrogen and oxygen atoms in total. The van der Waals surface area contributed by atoms with Gasteiger partial charge in [-0.1, -0.05) is 0 Å². The summed E-state index contributed by atoms with van der Waals surface area (Å²) in [5, 5.41) is 11.1. The number of hydrogen-bond donors (Lipinski definition) is 3. The summed E-state index contributed by atoms with van der Waals surface area (Å²) in [6, 6.07) is 0. The van der Waals surface area contributed by atoms with Crippen LogP contribution in [0.15, 0.2) is 5.28 Å². The molecule has 0 aromatic carbocycles. The van der Waals surface area contributed by atoms with E-state index in [1.807, 2.05) is 0 Å². The Morgan fingerprint density at radius 1 is 2.00 bits per heavy atom. The molecular formula is H4N3O+. The fraction of sp³-hybridized carbons (Fsp3) is 0. The third-order valence-corrected chi connectivity index (χ3v) is 0.0577. The third-order valence-electron chi connectivity index (χ3n) is 0.0577. The van der Waals surface area contributed by atoms with E-state index in [1.54, 1.807) is 5.22 Å². The number of nitrogens with zero attached hydrogens (tertiary/aromatic N) is 1. The topological polar surface area (TPSA) is 72.6 Å². The summed E-state index contributed by atoms with van der Waals surface area (Å²) >= 11 is 0. The van der Waals surface area contributed by atoms with E-state index in [4.69, 9.17) is 5.21 Å². The first-order valence-corrected chi connectivity index (χ1v) is 0.712. The summed E-state index contributed by atoms with van der Waals surface area (Å²) in [4.78, 5) is 0. The van der Waals surface area contributed by atoms with E-state index in [9.17, 15) is 0 Å². The molecule has 0 rings (SSSR count). The Labute approximate surface area is 22.9 Å². The van der Waals surface area contributed by atoms with E-state index >= 15 is 0 Å². The lowest BCUT2D eigenvalue weighted by atomic mass is 12.7. The van der Waals surface area contributed by atoms with E-state index in [0.717, 1.165) is 0 Å². The smallest absolute Gasteiger partial charge is 0.213 e. The summed E-state index contributed by atoms with van der Waals surface area (Å²) in [7, 11) is 0. The standard InChI is InChI=1S/H3N3O/c1-2-3-4/h(H2,1,3)(H,2,4)/p+1. The van der Waals surface area contributed by atoms with Gasteiger partial charge in [-0.25, -0.2) is 0 Å². The van der Waals surface area contributed by atoms with Gasteiger partial charge in [0.2, 0.25) is 5.28 Å². The molecule has 0 aliphatic heterocycles. The number of nitrogens with two attached hydrogens (primary N) is 1. The minimum atomic E-state index is 1.61. The minimum Gasteiger partial charge on any atom is -0.361 e. The van der Waals surface area contributed by atoms with Crippen LogP contribution in [0, 0.1) is 0 Å². The molecule has 0 aliphatic rings. The van der Waals surface area contributed by atoms with Crippen molar-refractivity contribution in [3.05, 3.63) is 0 Å². The lowest BCUT2D eigenvalue weighted by molar-refractivity contribution is -0.571. The first-order chi connectivity index (χ1) is 1.91. The Balaban J connectivity index is 2.55. The average Bonchev–Trinajstić information content (AvgIpc) is 1.37. The van der Waals surface area contributed by atoms with Gasteiger partial charge in [0.1, 0.15) is 0 Å². The molecule has 0 aliphatic carbocycles. The van der Waals surface area contributed by atoms with Crippen LogP contribution < -0.4 is 11.1 Å². The molecule has 0 aromatic rings. The lowest BCUT2D eigenvalue weighted by Crippen LogP contribution is -2.73. The molecule has 0 bridgehead atoms. The highest BCUT2D eigenvalue weighted by atomic mass is 16.5. The number of nitrogens with one attached hydrogen (secondary N) is 1. The van der Waals surface area contributed by atoms with Gasteiger partial charge >= 0.3 is 0 Å². The maximum atomic E-state index is 7.26. The maximum Gasteiger partial charge on any atom is 0.213 e. The zero-order valence-corrected chi connectivity index (χ0v) is 1.97. The van der Waals surface area contributed by atoms with E-state index < -0.39 is 0 Å². The Bertz CT molecular complexity index is 18.5. The summed E-state index contributed by atoms with van der Waals surface area (Å²) in [6.45, 7) is 0. The van der Waals surface area contributed by atoms with E-state index in [-0.39, 0.29) is 0 Å². The maximum absolute atomic E-state index is 7.26. The summed E-state index contributed by atoms with van der Waals surface area (Å²) in [5.41, 5.74) is 0. The second-order valence-corrected chi connectivity index (χ2v) is 0.229. The molecule has 4 N–H and O–H groups in total. The van der Waals surface area contributed by atoms with Crippen molar-refractivity contribution in [3.63, 3.8) is 0 Å². The Morgan fingerprint density at radius 2 is 2.25 bits per heavy atom. The van der Waals surface area contributed by atoms with Gasteiger partial charge in [-0.3, -0.25) is 0 Å². The largest absolute Gasteiger partial charge is 0.361 e. The SMILES string of the molecule is N[NH+]=NO. The molecule has 0 fully saturated rings. The molecule has 0 spiro atoms. The molecule has 0 amide bonds. The van der Waals surface area contributed by atoms with Crippen molar-refractivity contribution in [3.8, 4) is 0 Å². The van der Waals surface area contributed by atoms with Gasteiger partial charge in [-0.05, 0) is 0 Å². The fourth-order valence-corrected chi connectivity index (χ4v) is 0. The summed E-state index contributed by atoms with van der Waals surface area (Å²) in [5.74, 6) is 4.36. The Morgan fingerprint density at radius 3 is 2.25 bits per heavy atom. The van der Waals surface area contributed by atoms with Gasteiger partial charge in [0, 0.05) is 5.22 Å². The normalized spacial score (nSPS) is 9.00. The predicted molar refractivity (Wildman–Crippen MR) is 9.36 cm³/mol. The van der Waals surface area contributed by atoms with Crippen LogP contribution in [-0.4, -0.2) is 5.21 Å². The molecule has 0 radical (unpaired) electrons. The van der Waals surface area contributed by atoms with E-state index in [0.29, 0.717) is 0 Å². The van der Waals surface area contributed by atoms with Crippen LogP contribution in [0.2, 0.25) is 0 Å². The molecule has 0 aromatic heterocycles. The van der Waals surface area contributed by atoms with Gasteiger partial charge in [0.05, 0.1) is 0 Å². The second-order valence-electron chi connectivity index (χ2n) is 0.229. The molecule has 0 saturated heterocycles. The predicted octanol–water partition coefficient (Wildman–Crippen LogP) is -2.22. The van der Waals surface area contributed by atoms with Gasteiger partial charge in [-0.2, -0.15) is 5.84 Å². The zero-order chi connectivity index (χ0) is 3.41. The summed E-state index contributed by atoms with van der Waals surface area (Å²) < 4.78 is 0. The first kappa shape index (κ1) is 3.20. The second kappa shape index (κ2) is 2.20. The van der Waals surface area contributed by atoms with Crippen LogP contribution in [-0.2, 0) is 0 Å². The fourth-order valence-electron chi connectivity index (χ4n) is 0. The molecule has 4 heteroatoms. The molecule has 4 heavy (non-hydrogen) atoms. The average molecular weight is 62.1 g/mol. The highest BCUT2D eigenvalue weighted by Crippen LogP contribution is 1.10. The van der Waals surface area contributed by atoms with Crippen LogP contribution in [0.5, 0.6) is 0 Å². The van der Waals surface area contributed by atoms with Crippen LogP contribution in [0.25, 0.3) is 0 Å². The highest BCUT2D eigenvalue weighted by Gasteiger charge is 1.42. The van der Waals surface area contributed by atoms with E-state index in [2.05, 4.69) is 11.1 Å². The zero-order valence-electron chi connectivity index (χ0n) is 1.97. The minimum absolute atomic E-state index is 1.61. The van der Waals surface area contributed by atoms with Gasteiger partial charge < -0.3 is 5.21 Å². The third kappa shape index (κ3) is 1.20. The van der Waals surface area contributed by atoms with Crippen molar-refractivity contribution in [1.82, 2.24) is 0 Å². The molecule has 0 heterocycles. The number of rotatable bonds is 0. The van der Waals surface area contributed by atoms with Crippen molar-refractivity contribution >= 4 is 0 Å². The van der Waals surface area contributed by atoms with E-state index in [1.165, 1.54) is 0 Å². The van der Waals surface area contributed by atoms with Crippen molar-refractivity contribution in [2.45, 2.75) is 0 Å². The van der Waals surface area contributed by atoms with Crippen LogP contribution in [0.1, 0.15) is 0 Å². The van der Waals surface area contributed by atoms with Crippen LogP contribution in [0.3, 0.4) is 0 Å². The lowest BCUT2D eigenvalue weighted by Gasteiger charge is -1.45. The quantitative estimate of drug-likeness (QED) is 0.169. The molecule has 24 valence electrons. The van der Waals surface area contributed by atoms with Gasteiger partial charge in [0.25, 0.3) is 0 Å². The van der Waals surface area contributed by atoms with Crippen molar-refractivity contribution in [1.29, 1.82) is 0 Å². The Kier molecular flexibility index (Phi) is 1.76. The molecular weight excluding hydrogens is 58.0 g/mol. The molecule has 0 unspecified atom stereocenters. The monoisotopic (exact) mass is 62.0 g/mol. The van der Waals surface area contributed by atoms with Crippen molar-refractivity contribution in [2.75, 3.05) is 0 Å². The molecule has 0 atom stereocenters. The van der Waals surface area contributed by atoms with Crippen LogP contribution >= 0.6 is 0 Å². The Hall–Kier alpha value is -0.800. The highest BCUT2D eigenvalue weighted by molar-refractivity contribution is 3.12. The van der Waals surface area contributed by atoms with Crippen LogP contribution in [0.4, 0.5) is 0 Å². The first-order valence-electron chi connectivity index (χ1n) is 0.712. The van der Waals surface area contributed by atoms with Gasteiger partial charge in [-0.15, -0.1) is 0 Å². The van der Waals surface area contributed by atoms with Crippen molar-refractivity contribution in [2.24, 2.45) is 11.1 Å².